The quantitative estimate of drug-likeness (QED) is 0.168. The molecule has 0 amide bonds. The van der Waals surface area contributed by atoms with Crippen LogP contribution >= 0.6 is 0 Å². The van der Waals surface area contributed by atoms with Crippen molar-refractivity contribution < 1.29 is 4.42 Å². The van der Waals surface area contributed by atoms with Gasteiger partial charge in [-0.3, -0.25) is 0 Å². The fraction of sp³-hybridized carbons (Fsp3) is 0. The fourth-order valence-corrected chi connectivity index (χ4v) is 8.52. The molecule has 11 aromatic rings. The van der Waals surface area contributed by atoms with Crippen molar-refractivity contribution in [2.24, 2.45) is 0 Å². The molecule has 252 valence electrons. The van der Waals surface area contributed by atoms with Gasteiger partial charge in [-0.2, -0.15) is 0 Å². The molecule has 0 radical (unpaired) electrons. The van der Waals surface area contributed by atoms with Gasteiger partial charge in [0.15, 0.2) is 0 Å². The maximum atomic E-state index is 6.33. The SMILES string of the molecule is c1ccc(-c2ccccc2N(c2ccc(-c3cc4ccc5ccccc5c4c4ccccc34)cc2)c2cccc3cc4oc5ccccc5c4cc23)cc1. The second kappa shape index (κ2) is 12.2. The smallest absolute Gasteiger partial charge is 0.136 e. The van der Waals surface area contributed by atoms with Crippen LogP contribution in [0.25, 0.3) is 87.3 Å². The van der Waals surface area contributed by atoms with Crippen molar-refractivity contribution >= 4 is 82.1 Å². The molecule has 0 spiro atoms. The molecular weight excluding hydrogens is 655 g/mol. The van der Waals surface area contributed by atoms with E-state index in [1.54, 1.807) is 0 Å². The number of hydrogen-bond donors (Lipinski definition) is 0. The van der Waals surface area contributed by atoms with E-state index in [9.17, 15) is 0 Å². The van der Waals surface area contributed by atoms with Crippen molar-refractivity contribution in [3.8, 4) is 22.3 Å². The largest absolute Gasteiger partial charge is 0.456 e. The van der Waals surface area contributed by atoms with Gasteiger partial charge < -0.3 is 9.32 Å². The van der Waals surface area contributed by atoms with Crippen LogP contribution in [-0.2, 0) is 0 Å². The highest BCUT2D eigenvalue weighted by atomic mass is 16.3. The minimum Gasteiger partial charge on any atom is -0.456 e. The zero-order valence-corrected chi connectivity index (χ0v) is 29.4. The van der Waals surface area contributed by atoms with E-state index in [1.165, 1.54) is 54.6 Å². The topological polar surface area (TPSA) is 16.4 Å². The van der Waals surface area contributed by atoms with Crippen molar-refractivity contribution in [2.45, 2.75) is 0 Å². The summed E-state index contributed by atoms with van der Waals surface area (Å²) in [4.78, 5) is 2.42. The molecule has 0 atom stereocenters. The van der Waals surface area contributed by atoms with Gasteiger partial charge in [-0.25, -0.2) is 0 Å². The average Bonchev–Trinajstić information content (AvgIpc) is 3.61. The molecule has 0 bridgehead atoms. The molecule has 0 aliphatic heterocycles. The van der Waals surface area contributed by atoms with Gasteiger partial charge in [0, 0.05) is 27.4 Å². The summed E-state index contributed by atoms with van der Waals surface area (Å²) in [6.45, 7) is 0. The predicted molar refractivity (Wildman–Crippen MR) is 229 cm³/mol. The first-order valence-corrected chi connectivity index (χ1v) is 18.5. The molecular formula is C52H33NO. The summed E-state index contributed by atoms with van der Waals surface area (Å²) in [6, 6.07) is 72.4. The first-order chi connectivity index (χ1) is 26.8. The number of nitrogens with zero attached hydrogens (tertiary/aromatic N) is 1. The predicted octanol–water partition coefficient (Wildman–Crippen LogP) is 15.0. The molecule has 0 N–H and O–H groups in total. The van der Waals surface area contributed by atoms with Gasteiger partial charge in [0.25, 0.3) is 0 Å². The molecule has 0 aliphatic carbocycles. The number of furan rings is 1. The van der Waals surface area contributed by atoms with Crippen molar-refractivity contribution in [3.63, 3.8) is 0 Å². The molecule has 2 heteroatoms. The Kier molecular flexibility index (Phi) is 6.90. The summed E-state index contributed by atoms with van der Waals surface area (Å²) < 4.78 is 6.33. The number of rotatable bonds is 5. The summed E-state index contributed by atoms with van der Waals surface area (Å²) in [5.74, 6) is 0. The molecule has 2 nitrogen and oxygen atoms in total. The molecule has 0 fully saturated rings. The van der Waals surface area contributed by atoms with Crippen LogP contribution in [0.3, 0.4) is 0 Å². The van der Waals surface area contributed by atoms with E-state index < -0.39 is 0 Å². The molecule has 11 rings (SSSR count). The fourth-order valence-electron chi connectivity index (χ4n) is 8.52. The van der Waals surface area contributed by atoms with E-state index in [0.717, 1.165) is 49.8 Å². The van der Waals surface area contributed by atoms with Crippen LogP contribution in [-0.4, -0.2) is 0 Å². The molecule has 0 aliphatic rings. The third-order valence-electron chi connectivity index (χ3n) is 11.0. The van der Waals surface area contributed by atoms with Crippen molar-refractivity contribution in [1.82, 2.24) is 0 Å². The van der Waals surface area contributed by atoms with Gasteiger partial charge in [0.1, 0.15) is 11.2 Å². The Labute approximate surface area is 312 Å². The standard InChI is InChI=1S/C52H33NO/c1-2-13-34(14-3-1)40-17-8-10-22-48(40)53(49-23-12-16-37-32-51-47(33-46(37)49)43-20-9-11-24-50(43)54-51)39-29-27-36(28-30-39)45-31-38-26-25-35-15-4-5-18-41(35)52(38)44-21-7-6-19-42(44)45/h1-33H. The van der Waals surface area contributed by atoms with E-state index >= 15 is 0 Å². The molecule has 0 saturated heterocycles. The zero-order chi connectivity index (χ0) is 35.6. The average molecular weight is 688 g/mol. The van der Waals surface area contributed by atoms with E-state index in [-0.39, 0.29) is 0 Å². The van der Waals surface area contributed by atoms with Crippen molar-refractivity contribution in [2.75, 3.05) is 4.90 Å². The molecule has 1 aromatic heterocycles. The van der Waals surface area contributed by atoms with Gasteiger partial charge in [0.2, 0.25) is 0 Å². The molecule has 54 heavy (non-hydrogen) atoms. The van der Waals surface area contributed by atoms with Crippen LogP contribution in [0.4, 0.5) is 17.1 Å². The maximum Gasteiger partial charge on any atom is 0.136 e. The number of fused-ring (bicyclic) bond motifs is 9. The zero-order valence-electron chi connectivity index (χ0n) is 29.4. The van der Waals surface area contributed by atoms with Crippen LogP contribution in [0, 0.1) is 0 Å². The van der Waals surface area contributed by atoms with Crippen LogP contribution in [0.5, 0.6) is 0 Å². The Morgan fingerprint density at radius 1 is 0.315 bits per heavy atom. The van der Waals surface area contributed by atoms with Crippen molar-refractivity contribution in [1.29, 1.82) is 0 Å². The summed E-state index contributed by atoms with van der Waals surface area (Å²) in [5.41, 5.74) is 9.87. The van der Waals surface area contributed by atoms with Crippen LogP contribution < -0.4 is 4.90 Å². The lowest BCUT2D eigenvalue weighted by Gasteiger charge is -2.29. The second-order valence-corrected chi connectivity index (χ2v) is 14.1. The Balaban J connectivity index is 1.13. The van der Waals surface area contributed by atoms with Crippen LogP contribution in [0.1, 0.15) is 0 Å². The number of benzene rings is 10. The first kappa shape index (κ1) is 30.5. The second-order valence-electron chi connectivity index (χ2n) is 14.1. The highest BCUT2D eigenvalue weighted by molar-refractivity contribution is 6.23. The lowest BCUT2D eigenvalue weighted by atomic mass is 9.90. The first-order valence-electron chi connectivity index (χ1n) is 18.5. The van der Waals surface area contributed by atoms with Gasteiger partial charge >= 0.3 is 0 Å². The van der Waals surface area contributed by atoms with E-state index in [1.807, 2.05) is 12.1 Å². The summed E-state index contributed by atoms with van der Waals surface area (Å²) in [6.07, 6.45) is 0. The summed E-state index contributed by atoms with van der Waals surface area (Å²) in [5, 5.41) is 12.2. The monoisotopic (exact) mass is 687 g/mol. The van der Waals surface area contributed by atoms with Crippen molar-refractivity contribution in [3.05, 3.63) is 200 Å². The lowest BCUT2D eigenvalue weighted by molar-refractivity contribution is 0.669. The van der Waals surface area contributed by atoms with E-state index in [2.05, 4.69) is 193 Å². The van der Waals surface area contributed by atoms with Gasteiger partial charge in [-0.05, 0) is 103 Å². The summed E-state index contributed by atoms with van der Waals surface area (Å²) in [7, 11) is 0. The minimum atomic E-state index is 0.900. The van der Waals surface area contributed by atoms with E-state index in [4.69, 9.17) is 4.42 Å². The number of hydrogen-bond acceptors (Lipinski definition) is 2. The molecule has 10 aromatic carbocycles. The third-order valence-corrected chi connectivity index (χ3v) is 11.0. The van der Waals surface area contributed by atoms with Crippen LogP contribution in [0.2, 0.25) is 0 Å². The third kappa shape index (κ3) is 4.81. The minimum absolute atomic E-state index is 0.900. The number of para-hydroxylation sites is 2. The maximum absolute atomic E-state index is 6.33. The molecule has 1 heterocycles. The van der Waals surface area contributed by atoms with E-state index in [0.29, 0.717) is 0 Å². The Hall–Kier alpha value is -7.16. The highest BCUT2D eigenvalue weighted by Gasteiger charge is 2.21. The molecule has 0 unspecified atom stereocenters. The normalized spacial score (nSPS) is 11.7. The van der Waals surface area contributed by atoms with Crippen LogP contribution in [0.15, 0.2) is 205 Å². The van der Waals surface area contributed by atoms with Gasteiger partial charge in [-0.1, -0.05) is 152 Å². The Morgan fingerprint density at radius 3 is 1.83 bits per heavy atom. The molecule has 0 saturated carbocycles. The lowest BCUT2D eigenvalue weighted by Crippen LogP contribution is -2.11. The highest BCUT2D eigenvalue weighted by Crippen LogP contribution is 2.46. The number of anilines is 3. The van der Waals surface area contributed by atoms with Gasteiger partial charge in [0.05, 0.1) is 11.4 Å². The van der Waals surface area contributed by atoms with Gasteiger partial charge in [-0.15, -0.1) is 0 Å². The summed E-state index contributed by atoms with van der Waals surface area (Å²) >= 11 is 0. The Morgan fingerprint density at radius 2 is 0.963 bits per heavy atom. The Bertz CT molecular complexity index is 3210.